The normalized spacial score (nSPS) is 12.3. The highest BCUT2D eigenvalue weighted by Gasteiger charge is 2.17. The van der Waals surface area contributed by atoms with Gasteiger partial charge in [-0.2, -0.15) is 0 Å². The molecular formula is C15H17FN2O3. The SMILES string of the molecule is CCc1c(O)n(C(C)Cc2ccc(F)cc2)c(=O)[nH]c1=O. The van der Waals surface area contributed by atoms with Gasteiger partial charge in [-0.1, -0.05) is 19.1 Å². The minimum absolute atomic E-state index is 0.181. The first-order valence-corrected chi connectivity index (χ1v) is 6.75. The minimum atomic E-state index is -0.649. The van der Waals surface area contributed by atoms with Crippen LogP contribution in [0.4, 0.5) is 4.39 Å². The highest BCUT2D eigenvalue weighted by atomic mass is 19.1. The van der Waals surface area contributed by atoms with Gasteiger partial charge in [0.1, 0.15) is 5.82 Å². The number of aromatic nitrogens is 2. The number of benzene rings is 1. The number of H-pyrrole nitrogens is 1. The maximum Gasteiger partial charge on any atom is 0.331 e. The average molecular weight is 292 g/mol. The lowest BCUT2D eigenvalue weighted by Gasteiger charge is -2.17. The third kappa shape index (κ3) is 3.04. The van der Waals surface area contributed by atoms with Crippen LogP contribution in [0.5, 0.6) is 5.88 Å². The summed E-state index contributed by atoms with van der Waals surface area (Å²) in [5.41, 5.74) is -0.199. The van der Waals surface area contributed by atoms with E-state index in [1.165, 1.54) is 12.1 Å². The van der Waals surface area contributed by atoms with Crippen molar-refractivity contribution >= 4 is 0 Å². The van der Waals surface area contributed by atoms with Crippen molar-refractivity contribution in [2.75, 3.05) is 0 Å². The van der Waals surface area contributed by atoms with E-state index in [1.54, 1.807) is 26.0 Å². The van der Waals surface area contributed by atoms with Crippen LogP contribution in [0.15, 0.2) is 33.9 Å². The van der Waals surface area contributed by atoms with Crippen molar-refractivity contribution in [1.29, 1.82) is 0 Å². The van der Waals surface area contributed by atoms with E-state index in [9.17, 15) is 19.1 Å². The van der Waals surface area contributed by atoms with E-state index >= 15 is 0 Å². The van der Waals surface area contributed by atoms with E-state index in [-0.39, 0.29) is 23.3 Å². The average Bonchev–Trinajstić information content (AvgIpc) is 2.41. The van der Waals surface area contributed by atoms with Gasteiger partial charge in [-0.25, -0.2) is 9.18 Å². The summed E-state index contributed by atoms with van der Waals surface area (Å²) in [7, 11) is 0. The van der Waals surface area contributed by atoms with Crippen molar-refractivity contribution in [2.24, 2.45) is 0 Å². The maximum atomic E-state index is 12.9. The maximum absolute atomic E-state index is 12.9. The molecule has 1 unspecified atom stereocenters. The molecule has 6 heteroatoms. The number of hydrogen-bond donors (Lipinski definition) is 2. The lowest BCUT2D eigenvalue weighted by atomic mass is 10.1. The Hall–Kier alpha value is -2.37. The van der Waals surface area contributed by atoms with Crippen LogP contribution in [-0.4, -0.2) is 14.7 Å². The van der Waals surface area contributed by atoms with E-state index in [0.29, 0.717) is 12.8 Å². The first-order valence-electron chi connectivity index (χ1n) is 6.75. The Balaban J connectivity index is 2.39. The van der Waals surface area contributed by atoms with Crippen LogP contribution in [0, 0.1) is 5.82 Å². The van der Waals surface area contributed by atoms with Gasteiger partial charge in [-0.3, -0.25) is 14.3 Å². The molecule has 21 heavy (non-hydrogen) atoms. The quantitative estimate of drug-likeness (QED) is 0.901. The van der Waals surface area contributed by atoms with Crippen LogP contribution in [0.1, 0.15) is 31.0 Å². The second-order valence-electron chi connectivity index (χ2n) is 4.96. The molecule has 5 nitrogen and oxygen atoms in total. The number of aromatic amines is 1. The molecular weight excluding hydrogens is 275 g/mol. The van der Waals surface area contributed by atoms with Crippen LogP contribution in [0.25, 0.3) is 0 Å². The molecule has 2 aromatic rings. The van der Waals surface area contributed by atoms with Crippen molar-refractivity contribution in [2.45, 2.75) is 32.7 Å². The van der Waals surface area contributed by atoms with E-state index in [0.717, 1.165) is 10.1 Å². The van der Waals surface area contributed by atoms with Crippen LogP contribution in [0.3, 0.4) is 0 Å². The van der Waals surface area contributed by atoms with Gasteiger partial charge in [0.15, 0.2) is 0 Å². The van der Waals surface area contributed by atoms with Gasteiger partial charge in [0, 0.05) is 6.04 Å². The van der Waals surface area contributed by atoms with Crippen LogP contribution < -0.4 is 11.2 Å². The zero-order valence-electron chi connectivity index (χ0n) is 11.9. The van der Waals surface area contributed by atoms with Gasteiger partial charge in [-0.05, 0) is 37.5 Å². The molecule has 0 saturated heterocycles. The molecule has 2 N–H and O–H groups in total. The lowest BCUT2D eigenvalue weighted by molar-refractivity contribution is 0.364. The Bertz CT molecular complexity index is 747. The summed E-state index contributed by atoms with van der Waals surface area (Å²) in [5, 5.41) is 10.1. The molecule has 0 saturated carbocycles. The molecule has 0 aliphatic rings. The smallest absolute Gasteiger partial charge is 0.331 e. The largest absolute Gasteiger partial charge is 0.494 e. The van der Waals surface area contributed by atoms with Gasteiger partial charge in [-0.15, -0.1) is 0 Å². The lowest BCUT2D eigenvalue weighted by Crippen LogP contribution is -2.34. The summed E-state index contributed by atoms with van der Waals surface area (Å²) in [5.74, 6) is -0.635. The molecule has 1 heterocycles. The van der Waals surface area contributed by atoms with E-state index in [4.69, 9.17) is 0 Å². The van der Waals surface area contributed by atoms with Gasteiger partial charge in [0.2, 0.25) is 5.88 Å². The van der Waals surface area contributed by atoms with E-state index in [1.807, 2.05) is 0 Å². The third-order valence-corrected chi connectivity index (χ3v) is 3.45. The zero-order valence-corrected chi connectivity index (χ0v) is 11.9. The fourth-order valence-corrected chi connectivity index (χ4v) is 2.36. The van der Waals surface area contributed by atoms with Crippen molar-refractivity contribution in [3.05, 3.63) is 62.0 Å². The molecule has 0 aliphatic carbocycles. The molecule has 1 aromatic carbocycles. The molecule has 0 amide bonds. The number of rotatable bonds is 4. The second-order valence-corrected chi connectivity index (χ2v) is 4.96. The number of nitrogens with zero attached hydrogens (tertiary/aromatic N) is 1. The van der Waals surface area contributed by atoms with Gasteiger partial charge in [0.05, 0.1) is 5.56 Å². The fourth-order valence-electron chi connectivity index (χ4n) is 2.36. The summed E-state index contributed by atoms with van der Waals surface area (Å²) in [4.78, 5) is 25.7. The highest BCUT2D eigenvalue weighted by molar-refractivity contribution is 5.24. The monoisotopic (exact) mass is 292 g/mol. The predicted octanol–water partition coefficient (Wildman–Crippen LogP) is 1.75. The molecule has 1 atom stereocenters. The minimum Gasteiger partial charge on any atom is -0.494 e. The number of nitrogens with one attached hydrogen (secondary N) is 1. The number of aromatic hydroxyl groups is 1. The molecule has 2 rings (SSSR count). The van der Waals surface area contributed by atoms with E-state index in [2.05, 4.69) is 4.98 Å². The van der Waals surface area contributed by atoms with Gasteiger partial charge < -0.3 is 5.11 Å². The third-order valence-electron chi connectivity index (χ3n) is 3.45. The molecule has 112 valence electrons. The molecule has 1 aromatic heterocycles. The summed E-state index contributed by atoms with van der Waals surface area (Å²) in [6.45, 7) is 3.48. The van der Waals surface area contributed by atoms with Crippen LogP contribution in [0.2, 0.25) is 0 Å². The summed E-state index contributed by atoms with van der Waals surface area (Å²) < 4.78 is 14.0. The van der Waals surface area contributed by atoms with E-state index < -0.39 is 11.2 Å². The topological polar surface area (TPSA) is 75.1 Å². The van der Waals surface area contributed by atoms with Crippen LogP contribution >= 0.6 is 0 Å². The number of halogens is 1. The zero-order chi connectivity index (χ0) is 15.6. The standard InChI is InChI=1S/C15H17FN2O3/c1-3-12-13(19)17-15(21)18(14(12)20)9(2)8-10-4-6-11(16)7-5-10/h4-7,9,20H,3,8H2,1-2H3,(H,17,19,21). The number of hydrogen-bond acceptors (Lipinski definition) is 3. The predicted molar refractivity (Wildman–Crippen MR) is 77.2 cm³/mol. The molecule has 0 aliphatic heterocycles. The Labute approximate surface area is 120 Å². The summed E-state index contributed by atoms with van der Waals surface area (Å²) >= 11 is 0. The van der Waals surface area contributed by atoms with Gasteiger partial charge >= 0.3 is 5.69 Å². The summed E-state index contributed by atoms with van der Waals surface area (Å²) in [6.07, 6.45) is 0.758. The molecule has 0 radical (unpaired) electrons. The summed E-state index contributed by atoms with van der Waals surface area (Å²) in [6, 6.07) is 5.56. The Morgan fingerprint density at radius 1 is 1.29 bits per heavy atom. The molecule has 0 fully saturated rings. The fraction of sp³-hybridized carbons (Fsp3) is 0.333. The second kappa shape index (κ2) is 5.95. The molecule has 0 spiro atoms. The Morgan fingerprint density at radius 2 is 1.90 bits per heavy atom. The van der Waals surface area contributed by atoms with Crippen LogP contribution in [-0.2, 0) is 12.8 Å². The first kappa shape index (κ1) is 15.0. The van der Waals surface area contributed by atoms with Crippen molar-refractivity contribution in [1.82, 2.24) is 9.55 Å². The first-order chi connectivity index (χ1) is 9.93. The van der Waals surface area contributed by atoms with Crippen molar-refractivity contribution in [3.8, 4) is 5.88 Å². The van der Waals surface area contributed by atoms with Crippen molar-refractivity contribution in [3.63, 3.8) is 0 Å². The molecule has 0 bridgehead atoms. The Kier molecular flexibility index (Phi) is 4.26. The van der Waals surface area contributed by atoms with Gasteiger partial charge in [0.25, 0.3) is 5.56 Å². The Morgan fingerprint density at radius 3 is 2.48 bits per heavy atom. The van der Waals surface area contributed by atoms with Crippen molar-refractivity contribution < 1.29 is 9.50 Å². The highest BCUT2D eigenvalue weighted by Crippen LogP contribution is 2.19.